The van der Waals surface area contributed by atoms with Crippen LogP contribution in [0.1, 0.15) is 39.0 Å². The number of aliphatic hydroxyl groups is 1. The molecule has 0 saturated carbocycles. The van der Waals surface area contributed by atoms with Crippen LogP contribution in [-0.2, 0) is 29.7 Å². The van der Waals surface area contributed by atoms with E-state index in [1.54, 1.807) is 18.4 Å². The molecule has 1 aliphatic rings. The standard InChI is InChI=1S/C25H35N6O7PS/c1-16-11-18(38-22(16)31-15-27-19-20(31)29-24(26)30-21(19)33)13-37-39(35,28-12-17-7-5-4-6-8-17)36-9-10-40-23(34)25(2,3)14-32/h4-8,15-16,18,22,32H,9-14H2,1-3H3,(H,28,35)(H3,26,29,30,33)/t16-,18-,22+,39?/m0/s1. The number of nitrogens with one attached hydrogen (secondary N) is 2. The lowest BCUT2D eigenvalue weighted by atomic mass is 9.97. The highest BCUT2D eigenvalue weighted by molar-refractivity contribution is 8.13. The third-order valence-electron chi connectivity index (χ3n) is 6.45. The molecular weight excluding hydrogens is 559 g/mol. The molecule has 0 spiro atoms. The van der Waals surface area contributed by atoms with Crippen molar-refractivity contribution in [3.63, 3.8) is 0 Å². The van der Waals surface area contributed by atoms with Crippen LogP contribution in [0.3, 0.4) is 0 Å². The SMILES string of the molecule is C[C@H]1C[C@@H](COP(=O)(NCc2ccccc2)OCCSC(=O)C(C)(C)CO)O[C@H]1n1cnc2c(=O)[nH]c(N)nc21. The summed E-state index contributed by atoms with van der Waals surface area (Å²) in [6.45, 7) is 5.24. The Hall–Kier alpha value is -2.58. The number of ether oxygens (including phenoxy) is 1. The molecule has 1 saturated heterocycles. The summed E-state index contributed by atoms with van der Waals surface area (Å²) < 4.78 is 33.0. The predicted octanol–water partition coefficient (Wildman–Crippen LogP) is 2.83. The highest BCUT2D eigenvalue weighted by atomic mass is 32.2. The van der Waals surface area contributed by atoms with Gasteiger partial charge in [-0.2, -0.15) is 4.98 Å². The number of nitrogens with two attached hydrogens (primary N) is 1. The summed E-state index contributed by atoms with van der Waals surface area (Å²) in [6, 6.07) is 9.40. The molecule has 0 radical (unpaired) electrons. The molecule has 1 aromatic carbocycles. The van der Waals surface area contributed by atoms with Crippen molar-refractivity contribution < 1.29 is 28.3 Å². The molecule has 1 unspecified atom stereocenters. The Balaban J connectivity index is 1.39. The van der Waals surface area contributed by atoms with Crippen LogP contribution >= 0.6 is 19.5 Å². The van der Waals surface area contributed by atoms with Crippen molar-refractivity contribution in [1.82, 2.24) is 24.6 Å². The second-order valence-corrected chi connectivity index (χ2v) is 13.2. The van der Waals surface area contributed by atoms with E-state index in [2.05, 4.69) is 20.0 Å². The Morgan fingerprint density at radius 1 is 1.35 bits per heavy atom. The topological polar surface area (TPSA) is 184 Å². The van der Waals surface area contributed by atoms with Crippen LogP contribution in [0.4, 0.5) is 5.95 Å². The van der Waals surface area contributed by atoms with Crippen LogP contribution in [-0.4, -0.2) is 61.4 Å². The average Bonchev–Trinajstić information content (AvgIpc) is 3.52. The van der Waals surface area contributed by atoms with Crippen molar-refractivity contribution in [1.29, 1.82) is 0 Å². The van der Waals surface area contributed by atoms with Gasteiger partial charge in [-0.3, -0.25) is 28.2 Å². The van der Waals surface area contributed by atoms with E-state index in [-0.39, 0.29) is 54.6 Å². The third kappa shape index (κ3) is 7.38. The number of H-pyrrole nitrogens is 1. The van der Waals surface area contributed by atoms with Crippen LogP contribution in [0.5, 0.6) is 0 Å². The van der Waals surface area contributed by atoms with Gasteiger partial charge in [0.25, 0.3) is 5.56 Å². The zero-order valence-corrected chi connectivity index (χ0v) is 24.3. The molecule has 5 N–H and O–H groups in total. The lowest BCUT2D eigenvalue weighted by molar-refractivity contribution is -0.119. The average molecular weight is 595 g/mol. The van der Waals surface area contributed by atoms with Crippen LogP contribution in [0.15, 0.2) is 41.5 Å². The van der Waals surface area contributed by atoms with Crippen molar-refractivity contribution in [3.05, 3.63) is 52.6 Å². The molecule has 4 rings (SSSR count). The smallest absolute Gasteiger partial charge is 0.395 e. The first-order valence-electron chi connectivity index (χ1n) is 12.9. The molecule has 0 bridgehead atoms. The minimum absolute atomic E-state index is 0.00295. The van der Waals surface area contributed by atoms with Crippen molar-refractivity contribution >= 4 is 41.7 Å². The number of hydrogen-bond acceptors (Lipinski definition) is 11. The molecule has 40 heavy (non-hydrogen) atoms. The Kier molecular flexibility index (Phi) is 9.83. The van der Waals surface area contributed by atoms with E-state index in [0.29, 0.717) is 12.1 Å². The van der Waals surface area contributed by atoms with Crippen molar-refractivity contribution in [2.45, 2.75) is 46.1 Å². The van der Waals surface area contributed by atoms with E-state index >= 15 is 0 Å². The number of benzene rings is 1. The van der Waals surface area contributed by atoms with Gasteiger partial charge < -0.3 is 15.6 Å². The fraction of sp³-hybridized carbons (Fsp3) is 0.520. The molecular formula is C25H35N6O7PS. The highest BCUT2D eigenvalue weighted by Gasteiger charge is 2.37. The van der Waals surface area contributed by atoms with E-state index in [1.165, 1.54) is 6.33 Å². The number of fused-ring (bicyclic) bond motifs is 1. The fourth-order valence-corrected chi connectivity index (χ4v) is 6.40. The number of carbonyl (C=O) groups excluding carboxylic acids is 1. The maximum atomic E-state index is 13.7. The first-order chi connectivity index (χ1) is 19.0. The zero-order valence-electron chi connectivity index (χ0n) is 22.6. The minimum Gasteiger partial charge on any atom is -0.395 e. The lowest BCUT2D eigenvalue weighted by Crippen LogP contribution is -2.26. The van der Waals surface area contributed by atoms with E-state index in [9.17, 15) is 19.3 Å². The van der Waals surface area contributed by atoms with Gasteiger partial charge in [-0.25, -0.2) is 14.6 Å². The summed E-state index contributed by atoms with van der Waals surface area (Å²) in [5.41, 5.74) is 5.78. The van der Waals surface area contributed by atoms with Gasteiger partial charge in [0.05, 0.1) is 37.7 Å². The highest BCUT2D eigenvalue weighted by Crippen LogP contribution is 2.46. The third-order valence-corrected chi connectivity index (χ3v) is 9.20. The zero-order chi connectivity index (χ0) is 28.9. The Labute approximate surface area is 235 Å². The number of aliphatic hydroxyl groups excluding tert-OH is 1. The molecule has 4 atom stereocenters. The quantitative estimate of drug-likeness (QED) is 0.168. The molecule has 1 aliphatic heterocycles. The monoisotopic (exact) mass is 594 g/mol. The molecule has 0 amide bonds. The van der Waals surface area contributed by atoms with Crippen LogP contribution in [0.2, 0.25) is 0 Å². The maximum Gasteiger partial charge on any atom is 0.405 e. The first-order valence-corrected chi connectivity index (χ1v) is 15.4. The summed E-state index contributed by atoms with van der Waals surface area (Å²) >= 11 is 1.01. The van der Waals surface area contributed by atoms with Gasteiger partial charge in [0.1, 0.15) is 6.23 Å². The van der Waals surface area contributed by atoms with E-state index in [0.717, 1.165) is 17.3 Å². The largest absolute Gasteiger partial charge is 0.405 e. The number of anilines is 1. The molecule has 218 valence electrons. The molecule has 13 nitrogen and oxygen atoms in total. The van der Waals surface area contributed by atoms with E-state index < -0.39 is 31.1 Å². The van der Waals surface area contributed by atoms with Gasteiger partial charge >= 0.3 is 7.75 Å². The second kappa shape index (κ2) is 12.9. The normalized spacial score (nSPS) is 21.1. The number of hydrogen-bond donors (Lipinski definition) is 4. The van der Waals surface area contributed by atoms with Crippen molar-refractivity contribution in [2.75, 3.05) is 31.3 Å². The molecule has 2 aromatic heterocycles. The molecule has 3 heterocycles. The van der Waals surface area contributed by atoms with Gasteiger partial charge in [0.2, 0.25) is 5.95 Å². The molecule has 0 aliphatic carbocycles. The van der Waals surface area contributed by atoms with Gasteiger partial charge in [-0.15, -0.1) is 0 Å². The van der Waals surface area contributed by atoms with Crippen molar-refractivity contribution in [2.24, 2.45) is 11.3 Å². The van der Waals surface area contributed by atoms with Crippen molar-refractivity contribution in [3.8, 4) is 0 Å². The number of nitrogens with zero attached hydrogens (tertiary/aromatic N) is 3. The Morgan fingerprint density at radius 3 is 2.83 bits per heavy atom. The number of imidazole rings is 1. The number of nitrogen functional groups attached to an aromatic ring is 1. The lowest BCUT2D eigenvalue weighted by Gasteiger charge is -2.22. The number of carbonyl (C=O) groups is 1. The molecule has 1 fully saturated rings. The maximum absolute atomic E-state index is 13.7. The number of thioether (sulfide) groups is 1. The van der Waals surface area contributed by atoms with Gasteiger partial charge in [0, 0.05) is 18.2 Å². The molecule has 3 aromatic rings. The van der Waals surface area contributed by atoms with Crippen LogP contribution in [0.25, 0.3) is 11.2 Å². The van der Waals surface area contributed by atoms with Gasteiger partial charge in [-0.1, -0.05) is 49.0 Å². The summed E-state index contributed by atoms with van der Waals surface area (Å²) in [7, 11) is -3.79. The van der Waals surface area contributed by atoms with Crippen LogP contribution in [0, 0.1) is 11.3 Å². The predicted molar refractivity (Wildman–Crippen MR) is 151 cm³/mol. The van der Waals surface area contributed by atoms with Gasteiger partial charge in [0.15, 0.2) is 16.3 Å². The number of aromatic nitrogens is 4. The van der Waals surface area contributed by atoms with Crippen LogP contribution < -0.4 is 16.4 Å². The first kappa shape index (κ1) is 30.4. The van der Waals surface area contributed by atoms with E-state index in [4.69, 9.17) is 19.5 Å². The second-order valence-electron chi connectivity index (χ2n) is 10.3. The van der Waals surface area contributed by atoms with Gasteiger partial charge in [-0.05, 0) is 25.8 Å². The Bertz CT molecular complexity index is 1420. The van der Waals surface area contributed by atoms with E-state index in [1.807, 2.05) is 37.3 Å². The fourth-order valence-electron chi connectivity index (χ4n) is 4.14. The summed E-state index contributed by atoms with van der Waals surface area (Å²) in [5.74, 6) is 0.222. The number of rotatable bonds is 13. The number of aromatic amines is 1. The minimum atomic E-state index is -3.79. The summed E-state index contributed by atoms with van der Waals surface area (Å²) in [5, 5.41) is 12.1. The Morgan fingerprint density at radius 2 is 2.10 bits per heavy atom. The molecule has 15 heteroatoms. The summed E-state index contributed by atoms with van der Waals surface area (Å²) in [4.78, 5) is 35.2. The summed E-state index contributed by atoms with van der Waals surface area (Å²) in [6.07, 6.45) is 1.17.